The van der Waals surface area contributed by atoms with Crippen molar-refractivity contribution in [2.75, 3.05) is 19.8 Å². The van der Waals surface area contributed by atoms with Crippen molar-refractivity contribution < 1.29 is 24.2 Å². The van der Waals surface area contributed by atoms with Gasteiger partial charge in [0.15, 0.2) is 0 Å². The van der Waals surface area contributed by atoms with Crippen LogP contribution in [0.1, 0.15) is 19.3 Å². The van der Waals surface area contributed by atoms with Gasteiger partial charge in [-0.1, -0.05) is 0 Å². The third-order valence-corrected chi connectivity index (χ3v) is 2.89. The molecule has 0 aliphatic heterocycles. The van der Waals surface area contributed by atoms with Gasteiger partial charge < -0.3 is 26.2 Å². The summed E-state index contributed by atoms with van der Waals surface area (Å²) >= 11 is 0. The lowest BCUT2D eigenvalue weighted by molar-refractivity contribution is -0.141. The SMILES string of the molecule is NC(=O)COCCNC(=O)NC1CCC(C(=O)O)C1. The normalized spacial score (nSPS) is 21.9. The minimum Gasteiger partial charge on any atom is -0.481 e. The lowest BCUT2D eigenvalue weighted by atomic mass is 10.1. The highest BCUT2D eigenvalue weighted by atomic mass is 16.5. The first kappa shape index (κ1) is 15.2. The molecule has 2 unspecified atom stereocenters. The number of amides is 3. The third kappa shape index (κ3) is 6.05. The molecule has 108 valence electrons. The van der Waals surface area contributed by atoms with E-state index in [0.717, 1.165) is 0 Å². The number of carboxylic acid groups (broad SMARTS) is 1. The van der Waals surface area contributed by atoms with Crippen LogP contribution in [0.25, 0.3) is 0 Å². The zero-order valence-corrected chi connectivity index (χ0v) is 10.6. The van der Waals surface area contributed by atoms with Gasteiger partial charge in [-0.05, 0) is 19.3 Å². The molecule has 0 saturated heterocycles. The second-order valence-corrected chi connectivity index (χ2v) is 4.46. The Labute approximate surface area is 110 Å². The van der Waals surface area contributed by atoms with E-state index < -0.39 is 11.9 Å². The van der Waals surface area contributed by atoms with Gasteiger partial charge in [0.25, 0.3) is 0 Å². The molecule has 0 bridgehead atoms. The van der Waals surface area contributed by atoms with Crippen LogP contribution in [-0.4, -0.2) is 48.8 Å². The average Bonchev–Trinajstić information content (AvgIpc) is 2.76. The predicted octanol–water partition coefficient (Wildman–Crippen LogP) is -0.959. The van der Waals surface area contributed by atoms with Crippen LogP contribution in [-0.2, 0) is 14.3 Å². The molecule has 0 radical (unpaired) electrons. The summed E-state index contributed by atoms with van der Waals surface area (Å²) in [4.78, 5) is 32.6. The van der Waals surface area contributed by atoms with Crippen molar-refractivity contribution in [3.8, 4) is 0 Å². The Morgan fingerprint density at radius 3 is 2.63 bits per heavy atom. The Hall–Kier alpha value is -1.83. The monoisotopic (exact) mass is 273 g/mol. The minimum atomic E-state index is -0.815. The summed E-state index contributed by atoms with van der Waals surface area (Å²) in [6.45, 7) is 0.277. The number of rotatable bonds is 7. The topological polar surface area (TPSA) is 131 Å². The first-order chi connectivity index (χ1) is 8.99. The summed E-state index contributed by atoms with van der Waals surface area (Å²) in [7, 11) is 0. The number of carboxylic acids is 1. The van der Waals surface area contributed by atoms with Crippen LogP contribution in [0.3, 0.4) is 0 Å². The molecule has 0 heterocycles. The van der Waals surface area contributed by atoms with Gasteiger partial charge in [0.1, 0.15) is 6.61 Å². The van der Waals surface area contributed by atoms with Crippen LogP contribution < -0.4 is 16.4 Å². The maximum Gasteiger partial charge on any atom is 0.315 e. The number of hydrogen-bond donors (Lipinski definition) is 4. The number of hydrogen-bond acceptors (Lipinski definition) is 4. The zero-order chi connectivity index (χ0) is 14.3. The molecule has 1 rings (SSSR count). The number of ether oxygens (including phenoxy) is 1. The molecule has 8 heteroatoms. The summed E-state index contributed by atoms with van der Waals surface area (Å²) < 4.78 is 4.87. The fraction of sp³-hybridized carbons (Fsp3) is 0.727. The highest BCUT2D eigenvalue weighted by Gasteiger charge is 2.30. The van der Waals surface area contributed by atoms with Gasteiger partial charge in [-0.25, -0.2) is 4.79 Å². The number of aliphatic carboxylic acids is 1. The predicted molar refractivity (Wildman–Crippen MR) is 65.3 cm³/mol. The number of carbonyl (C=O) groups excluding carboxylic acids is 2. The molecule has 1 aliphatic rings. The third-order valence-electron chi connectivity index (χ3n) is 2.89. The Bertz CT molecular complexity index is 347. The highest BCUT2D eigenvalue weighted by Crippen LogP contribution is 2.25. The van der Waals surface area contributed by atoms with Crippen LogP contribution in [0.2, 0.25) is 0 Å². The summed E-state index contributed by atoms with van der Waals surface area (Å²) in [5.41, 5.74) is 4.87. The quantitative estimate of drug-likeness (QED) is 0.444. The number of nitrogens with one attached hydrogen (secondary N) is 2. The first-order valence-electron chi connectivity index (χ1n) is 6.12. The van der Waals surface area contributed by atoms with E-state index in [9.17, 15) is 14.4 Å². The summed E-state index contributed by atoms with van der Waals surface area (Å²) in [6, 6.07) is -0.466. The van der Waals surface area contributed by atoms with Crippen molar-refractivity contribution in [3.05, 3.63) is 0 Å². The molecule has 1 aliphatic carbocycles. The molecule has 0 spiro atoms. The van der Waals surface area contributed by atoms with Crippen molar-refractivity contribution in [2.45, 2.75) is 25.3 Å². The summed E-state index contributed by atoms with van der Waals surface area (Å²) in [6.07, 6.45) is 1.71. The van der Waals surface area contributed by atoms with E-state index in [-0.39, 0.29) is 37.7 Å². The Kier molecular flexibility index (Phi) is 6.07. The van der Waals surface area contributed by atoms with Gasteiger partial charge in [0, 0.05) is 12.6 Å². The molecular weight excluding hydrogens is 254 g/mol. The standard InChI is InChI=1S/C11H19N3O5/c12-9(15)6-19-4-3-13-11(18)14-8-2-1-7(5-8)10(16)17/h7-8H,1-6H2,(H2,12,15)(H,16,17)(H2,13,14,18). The average molecular weight is 273 g/mol. The maximum absolute atomic E-state index is 11.5. The van der Waals surface area contributed by atoms with Crippen LogP contribution in [0.15, 0.2) is 0 Å². The summed E-state index contributed by atoms with van der Waals surface area (Å²) in [5, 5.41) is 14.1. The zero-order valence-electron chi connectivity index (χ0n) is 10.6. The Morgan fingerprint density at radius 2 is 2.05 bits per heavy atom. The number of carbonyl (C=O) groups is 3. The van der Waals surface area contributed by atoms with E-state index in [0.29, 0.717) is 19.3 Å². The van der Waals surface area contributed by atoms with Crippen LogP contribution in [0.5, 0.6) is 0 Å². The molecule has 1 saturated carbocycles. The Balaban J connectivity index is 2.08. The summed E-state index contributed by atoms with van der Waals surface area (Å²) in [5.74, 6) is -1.75. The molecule has 8 nitrogen and oxygen atoms in total. The van der Waals surface area contributed by atoms with Gasteiger partial charge in [-0.2, -0.15) is 0 Å². The largest absolute Gasteiger partial charge is 0.481 e. The van der Waals surface area contributed by atoms with Crippen molar-refractivity contribution in [2.24, 2.45) is 11.7 Å². The fourth-order valence-corrected chi connectivity index (χ4v) is 1.98. The van der Waals surface area contributed by atoms with Gasteiger partial charge in [0.05, 0.1) is 12.5 Å². The highest BCUT2D eigenvalue weighted by molar-refractivity contribution is 5.75. The van der Waals surface area contributed by atoms with E-state index in [1.54, 1.807) is 0 Å². The van der Waals surface area contributed by atoms with E-state index >= 15 is 0 Å². The number of nitrogens with two attached hydrogens (primary N) is 1. The maximum atomic E-state index is 11.5. The lowest BCUT2D eigenvalue weighted by Crippen LogP contribution is -2.42. The molecule has 19 heavy (non-hydrogen) atoms. The molecule has 0 aromatic heterocycles. The van der Waals surface area contributed by atoms with Crippen molar-refractivity contribution in [1.29, 1.82) is 0 Å². The van der Waals surface area contributed by atoms with Crippen LogP contribution in [0, 0.1) is 5.92 Å². The second kappa shape index (κ2) is 7.57. The Morgan fingerprint density at radius 1 is 1.32 bits per heavy atom. The number of primary amides is 1. The molecule has 2 atom stereocenters. The van der Waals surface area contributed by atoms with E-state index in [1.165, 1.54) is 0 Å². The van der Waals surface area contributed by atoms with Gasteiger partial charge in [-0.15, -0.1) is 0 Å². The van der Waals surface area contributed by atoms with E-state index in [1.807, 2.05) is 0 Å². The van der Waals surface area contributed by atoms with Crippen molar-refractivity contribution in [1.82, 2.24) is 10.6 Å². The fourth-order valence-electron chi connectivity index (χ4n) is 1.98. The lowest BCUT2D eigenvalue weighted by Gasteiger charge is -2.13. The van der Waals surface area contributed by atoms with Gasteiger partial charge in [0.2, 0.25) is 5.91 Å². The molecular formula is C11H19N3O5. The molecule has 5 N–H and O–H groups in total. The molecule has 0 aromatic carbocycles. The molecule has 3 amide bonds. The van der Waals surface area contributed by atoms with Crippen molar-refractivity contribution in [3.63, 3.8) is 0 Å². The number of urea groups is 1. The molecule has 0 aromatic rings. The van der Waals surface area contributed by atoms with Crippen molar-refractivity contribution >= 4 is 17.9 Å². The first-order valence-corrected chi connectivity index (χ1v) is 6.12. The van der Waals surface area contributed by atoms with E-state index in [4.69, 9.17) is 15.6 Å². The minimum absolute atomic E-state index is 0.104. The molecule has 1 fully saturated rings. The van der Waals surface area contributed by atoms with Crippen LogP contribution >= 0.6 is 0 Å². The smallest absolute Gasteiger partial charge is 0.315 e. The van der Waals surface area contributed by atoms with Gasteiger partial charge >= 0.3 is 12.0 Å². The van der Waals surface area contributed by atoms with E-state index in [2.05, 4.69) is 10.6 Å². The van der Waals surface area contributed by atoms with Crippen LogP contribution in [0.4, 0.5) is 4.79 Å². The van der Waals surface area contributed by atoms with Gasteiger partial charge in [-0.3, -0.25) is 9.59 Å². The second-order valence-electron chi connectivity index (χ2n) is 4.46.